The van der Waals surface area contributed by atoms with Crippen LogP contribution in [-0.4, -0.2) is 23.2 Å². The van der Waals surface area contributed by atoms with Crippen molar-refractivity contribution in [3.63, 3.8) is 0 Å². The Kier molecular flexibility index (Phi) is 3.87. The smallest absolute Gasteiger partial charge is 0.261 e. The quantitative estimate of drug-likeness (QED) is 0.897. The lowest BCUT2D eigenvalue weighted by molar-refractivity contribution is 0.0645. The maximum Gasteiger partial charge on any atom is 0.261 e. The van der Waals surface area contributed by atoms with Gasteiger partial charge in [0.15, 0.2) is 0 Å². The topological polar surface area (TPSA) is 49.3 Å². The van der Waals surface area contributed by atoms with Crippen LogP contribution < -0.4 is 5.32 Å². The van der Waals surface area contributed by atoms with Gasteiger partial charge in [-0.3, -0.25) is 4.79 Å². The molecule has 1 amide bonds. The highest BCUT2D eigenvalue weighted by Gasteiger charge is 2.38. The Morgan fingerprint density at radius 1 is 1.55 bits per heavy atom. The molecule has 110 valence electrons. The van der Waals surface area contributed by atoms with Gasteiger partial charge in [-0.05, 0) is 56.1 Å². The van der Waals surface area contributed by atoms with E-state index in [2.05, 4.69) is 18.3 Å². The first kappa shape index (κ1) is 14.1. The SMILES string of the molecule is CCC1CCc2sc(C(=O)NC3(CO)CCC3)cc2C1. The van der Waals surface area contributed by atoms with Gasteiger partial charge in [0, 0.05) is 4.88 Å². The summed E-state index contributed by atoms with van der Waals surface area (Å²) in [6.45, 7) is 2.30. The molecule has 0 aliphatic heterocycles. The summed E-state index contributed by atoms with van der Waals surface area (Å²) in [5, 5.41) is 12.5. The van der Waals surface area contributed by atoms with E-state index in [0.29, 0.717) is 0 Å². The second kappa shape index (κ2) is 5.49. The van der Waals surface area contributed by atoms with Gasteiger partial charge in [0.25, 0.3) is 5.91 Å². The monoisotopic (exact) mass is 293 g/mol. The second-order valence-electron chi connectivity index (χ2n) is 6.32. The van der Waals surface area contributed by atoms with E-state index < -0.39 is 0 Å². The summed E-state index contributed by atoms with van der Waals surface area (Å²) in [6, 6.07) is 2.08. The zero-order valence-corrected chi connectivity index (χ0v) is 12.9. The van der Waals surface area contributed by atoms with Crippen LogP contribution in [0.2, 0.25) is 0 Å². The maximum absolute atomic E-state index is 12.4. The van der Waals surface area contributed by atoms with E-state index in [-0.39, 0.29) is 18.1 Å². The van der Waals surface area contributed by atoms with E-state index >= 15 is 0 Å². The fraction of sp³-hybridized carbons (Fsp3) is 0.688. The van der Waals surface area contributed by atoms with Gasteiger partial charge in [-0.15, -0.1) is 11.3 Å². The molecule has 1 fully saturated rings. The molecule has 1 aromatic heterocycles. The average molecular weight is 293 g/mol. The van der Waals surface area contributed by atoms with Crippen molar-refractivity contribution < 1.29 is 9.90 Å². The highest BCUT2D eigenvalue weighted by molar-refractivity contribution is 7.14. The van der Waals surface area contributed by atoms with E-state index in [1.54, 1.807) is 11.3 Å². The Morgan fingerprint density at radius 2 is 2.35 bits per heavy atom. The number of aryl methyl sites for hydroxylation is 1. The Bertz CT molecular complexity index is 499. The molecule has 1 unspecified atom stereocenters. The van der Waals surface area contributed by atoms with Gasteiger partial charge in [0.2, 0.25) is 0 Å². The van der Waals surface area contributed by atoms with E-state index in [0.717, 1.165) is 42.9 Å². The number of aliphatic hydroxyl groups is 1. The van der Waals surface area contributed by atoms with Crippen LogP contribution in [0.15, 0.2) is 6.07 Å². The van der Waals surface area contributed by atoms with Crippen molar-refractivity contribution in [1.29, 1.82) is 0 Å². The summed E-state index contributed by atoms with van der Waals surface area (Å²) in [5.74, 6) is 0.787. The van der Waals surface area contributed by atoms with Gasteiger partial charge >= 0.3 is 0 Å². The molecular weight excluding hydrogens is 270 g/mol. The van der Waals surface area contributed by atoms with Crippen molar-refractivity contribution in [3.05, 3.63) is 21.4 Å². The summed E-state index contributed by atoms with van der Waals surface area (Å²) in [7, 11) is 0. The molecule has 0 radical (unpaired) electrons. The number of carbonyl (C=O) groups is 1. The van der Waals surface area contributed by atoms with Crippen molar-refractivity contribution in [2.24, 2.45) is 5.92 Å². The molecule has 0 spiro atoms. The van der Waals surface area contributed by atoms with Gasteiger partial charge in [-0.1, -0.05) is 13.3 Å². The molecule has 0 saturated heterocycles. The number of aliphatic hydroxyl groups excluding tert-OH is 1. The standard InChI is InChI=1S/C16H23NO2S/c1-2-11-4-5-13-12(8-11)9-14(20-13)15(19)17-16(10-18)6-3-7-16/h9,11,18H,2-8,10H2,1H3,(H,17,19). The summed E-state index contributed by atoms with van der Waals surface area (Å²) in [4.78, 5) is 14.6. The van der Waals surface area contributed by atoms with Crippen LogP contribution >= 0.6 is 11.3 Å². The summed E-state index contributed by atoms with van der Waals surface area (Å²) in [5.41, 5.74) is 1.04. The molecule has 2 N–H and O–H groups in total. The molecular formula is C16H23NO2S. The fourth-order valence-corrected chi connectivity index (χ4v) is 4.39. The average Bonchev–Trinajstić information content (AvgIpc) is 2.85. The maximum atomic E-state index is 12.4. The summed E-state index contributed by atoms with van der Waals surface area (Å²) in [6.07, 6.45) is 7.63. The molecule has 0 aromatic carbocycles. The van der Waals surface area contributed by atoms with E-state index in [1.807, 2.05) is 0 Å². The fourth-order valence-electron chi connectivity index (χ4n) is 3.29. The second-order valence-corrected chi connectivity index (χ2v) is 7.46. The van der Waals surface area contributed by atoms with Gasteiger partial charge in [0.1, 0.15) is 0 Å². The third kappa shape index (κ3) is 2.51. The lowest BCUT2D eigenvalue weighted by Crippen LogP contribution is -2.56. The van der Waals surface area contributed by atoms with Crippen molar-refractivity contribution in [2.75, 3.05) is 6.61 Å². The molecule has 2 aliphatic rings. The molecule has 3 rings (SSSR count). The largest absolute Gasteiger partial charge is 0.394 e. The van der Waals surface area contributed by atoms with Gasteiger partial charge in [-0.25, -0.2) is 0 Å². The third-order valence-corrected chi connectivity index (χ3v) is 6.21. The van der Waals surface area contributed by atoms with Crippen molar-refractivity contribution >= 4 is 17.2 Å². The van der Waals surface area contributed by atoms with Crippen molar-refractivity contribution in [1.82, 2.24) is 5.32 Å². The van der Waals surface area contributed by atoms with Crippen LogP contribution in [0.3, 0.4) is 0 Å². The van der Waals surface area contributed by atoms with E-state index in [9.17, 15) is 9.90 Å². The van der Waals surface area contributed by atoms with Crippen molar-refractivity contribution in [3.8, 4) is 0 Å². The number of carbonyl (C=O) groups excluding carboxylic acids is 1. The number of nitrogens with one attached hydrogen (secondary N) is 1. The van der Waals surface area contributed by atoms with Crippen LogP contribution in [0.5, 0.6) is 0 Å². The lowest BCUT2D eigenvalue weighted by atomic mass is 9.77. The Balaban J connectivity index is 1.72. The lowest BCUT2D eigenvalue weighted by Gasteiger charge is -2.40. The van der Waals surface area contributed by atoms with E-state index in [4.69, 9.17) is 0 Å². The highest BCUT2D eigenvalue weighted by Crippen LogP contribution is 2.35. The Labute approximate surface area is 124 Å². The van der Waals surface area contributed by atoms with Gasteiger partial charge in [-0.2, -0.15) is 0 Å². The molecule has 0 bridgehead atoms. The van der Waals surface area contributed by atoms with Crippen LogP contribution in [-0.2, 0) is 12.8 Å². The molecule has 3 nitrogen and oxygen atoms in total. The Hall–Kier alpha value is -0.870. The summed E-state index contributed by atoms with van der Waals surface area (Å²) < 4.78 is 0. The van der Waals surface area contributed by atoms with Crippen molar-refractivity contribution in [2.45, 2.75) is 57.4 Å². The van der Waals surface area contributed by atoms with Crippen LogP contribution in [0.25, 0.3) is 0 Å². The number of amides is 1. The van der Waals surface area contributed by atoms with Crippen LogP contribution in [0.1, 0.15) is 59.1 Å². The molecule has 1 saturated carbocycles. The number of hydrogen-bond donors (Lipinski definition) is 2. The number of hydrogen-bond acceptors (Lipinski definition) is 3. The number of thiophene rings is 1. The zero-order chi connectivity index (χ0) is 14.2. The molecule has 1 aromatic rings. The molecule has 20 heavy (non-hydrogen) atoms. The minimum atomic E-state index is -0.340. The Morgan fingerprint density at radius 3 is 2.95 bits per heavy atom. The first-order chi connectivity index (χ1) is 9.65. The van der Waals surface area contributed by atoms with Gasteiger partial charge < -0.3 is 10.4 Å². The predicted molar refractivity (Wildman–Crippen MR) is 81.3 cm³/mol. The molecule has 1 heterocycles. The first-order valence-electron chi connectivity index (χ1n) is 7.71. The van der Waals surface area contributed by atoms with Crippen LogP contribution in [0, 0.1) is 5.92 Å². The number of fused-ring (bicyclic) bond motifs is 1. The van der Waals surface area contributed by atoms with E-state index in [1.165, 1.54) is 23.3 Å². The minimum absolute atomic E-state index is 0.00574. The van der Waals surface area contributed by atoms with Crippen LogP contribution in [0.4, 0.5) is 0 Å². The molecule has 4 heteroatoms. The molecule has 2 aliphatic carbocycles. The number of rotatable bonds is 4. The highest BCUT2D eigenvalue weighted by atomic mass is 32.1. The first-order valence-corrected chi connectivity index (χ1v) is 8.52. The zero-order valence-electron chi connectivity index (χ0n) is 12.1. The normalized spacial score (nSPS) is 23.8. The third-order valence-electron chi connectivity index (χ3n) is 4.98. The minimum Gasteiger partial charge on any atom is -0.394 e. The summed E-state index contributed by atoms with van der Waals surface area (Å²) >= 11 is 1.65. The molecule has 1 atom stereocenters. The van der Waals surface area contributed by atoms with Gasteiger partial charge in [0.05, 0.1) is 17.0 Å². The predicted octanol–water partition coefficient (Wildman–Crippen LogP) is 2.91.